The normalized spacial score (nSPS) is 25.4. The van der Waals surface area contributed by atoms with Gasteiger partial charge >= 0.3 is 12.1 Å². The highest BCUT2D eigenvalue weighted by Crippen LogP contribution is 2.50. The van der Waals surface area contributed by atoms with Crippen molar-refractivity contribution < 1.29 is 36.9 Å². The van der Waals surface area contributed by atoms with Crippen molar-refractivity contribution in [3.05, 3.63) is 52.0 Å². The number of anilines is 1. The molecule has 0 aliphatic carbocycles. The quantitative estimate of drug-likeness (QED) is 0.136. The summed E-state index contributed by atoms with van der Waals surface area (Å²) in [6, 6.07) is 5.48. The van der Waals surface area contributed by atoms with E-state index in [0.717, 1.165) is 32.2 Å². The fourth-order valence-electron chi connectivity index (χ4n) is 10.2. The van der Waals surface area contributed by atoms with E-state index in [1.165, 1.54) is 13.2 Å². The third kappa shape index (κ3) is 6.30. The number of hydrogen-bond donors (Lipinski definition) is 0. The van der Waals surface area contributed by atoms with Crippen molar-refractivity contribution in [2.45, 2.75) is 101 Å². The maximum atomic E-state index is 17.8. The van der Waals surface area contributed by atoms with Gasteiger partial charge in [-0.15, -0.1) is 6.42 Å². The molecule has 0 radical (unpaired) electrons. The van der Waals surface area contributed by atoms with Gasteiger partial charge in [0.15, 0.2) is 12.6 Å². The summed E-state index contributed by atoms with van der Waals surface area (Å²) in [5.41, 5.74) is -0.409. The third-order valence-electron chi connectivity index (χ3n) is 12.5. The Labute approximate surface area is 334 Å². The lowest BCUT2D eigenvalue weighted by atomic mass is 9.90. The summed E-state index contributed by atoms with van der Waals surface area (Å²) in [5, 5.41) is 1.37. The van der Waals surface area contributed by atoms with Crippen molar-refractivity contribution in [1.82, 2.24) is 19.8 Å². The number of hydrogen-bond acceptors (Lipinski definition) is 9. The number of aryl methyl sites for hydroxylation is 1. The molecule has 4 fully saturated rings. The largest absolute Gasteiger partial charge is 0.468 e. The van der Waals surface area contributed by atoms with Crippen molar-refractivity contribution in [2.24, 2.45) is 0 Å². The molecule has 5 atom stereocenters. The van der Waals surface area contributed by atoms with E-state index in [0.29, 0.717) is 65.6 Å². The van der Waals surface area contributed by atoms with E-state index < -0.39 is 28.9 Å². The number of benzene rings is 3. The molecule has 3 aromatic carbocycles. The molecule has 5 aliphatic heterocycles. The van der Waals surface area contributed by atoms with Crippen LogP contribution in [0.4, 0.5) is 23.8 Å². The molecule has 1 aromatic heterocycles. The van der Waals surface area contributed by atoms with Gasteiger partial charge in [-0.2, -0.15) is 9.97 Å². The monoisotopic (exact) mass is 803 g/mol. The molecule has 5 aliphatic rings. The van der Waals surface area contributed by atoms with Gasteiger partial charge in [-0.25, -0.2) is 18.0 Å². The van der Waals surface area contributed by atoms with Crippen molar-refractivity contribution in [2.75, 3.05) is 45.0 Å². The van der Waals surface area contributed by atoms with Crippen molar-refractivity contribution >= 4 is 45.2 Å². The van der Waals surface area contributed by atoms with Crippen LogP contribution >= 0.6 is 11.6 Å². The summed E-state index contributed by atoms with van der Waals surface area (Å²) >= 11 is 7.41. The molecule has 0 unspecified atom stereocenters. The Bertz CT molecular complexity index is 2350. The Balaban J connectivity index is 1.24. The first kappa shape index (κ1) is 38.0. The number of rotatable bonds is 7. The average Bonchev–Trinajstić information content (AvgIpc) is 3.77. The van der Waals surface area contributed by atoms with E-state index in [4.69, 9.17) is 46.9 Å². The van der Waals surface area contributed by atoms with Gasteiger partial charge in [0.1, 0.15) is 41.3 Å². The maximum absolute atomic E-state index is 17.8. The number of nitrogens with zero attached hydrogens (tertiary/aromatic N) is 5. The van der Waals surface area contributed by atoms with Crippen molar-refractivity contribution in [1.29, 1.82) is 0 Å². The lowest BCUT2D eigenvalue weighted by Crippen LogP contribution is -2.62. The van der Waals surface area contributed by atoms with Gasteiger partial charge < -0.3 is 23.8 Å². The minimum atomic E-state index is -0.963. The van der Waals surface area contributed by atoms with Crippen LogP contribution in [0.5, 0.6) is 11.8 Å². The Hall–Kier alpha value is -4.51. The molecule has 300 valence electrons. The van der Waals surface area contributed by atoms with Gasteiger partial charge in [0.05, 0.1) is 39.6 Å². The molecule has 57 heavy (non-hydrogen) atoms. The van der Waals surface area contributed by atoms with Gasteiger partial charge in [-0.05, 0) is 101 Å². The predicted molar refractivity (Wildman–Crippen MR) is 211 cm³/mol. The highest BCUT2D eigenvalue weighted by molar-refractivity contribution is 6.36. The van der Waals surface area contributed by atoms with Crippen LogP contribution in [0.25, 0.3) is 32.8 Å². The average molecular weight is 804 g/mol. The highest BCUT2D eigenvalue weighted by Gasteiger charge is 2.52. The number of halogens is 4. The summed E-state index contributed by atoms with van der Waals surface area (Å²) in [6.07, 6.45) is 9.10. The Kier molecular flexibility index (Phi) is 9.41. The minimum absolute atomic E-state index is 0.0156. The fourth-order valence-corrected chi connectivity index (χ4v) is 10.6. The summed E-state index contributed by atoms with van der Waals surface area (Å²) in [6.45, 7) is 7.17. The Morgan fingerprint density at radius 1 is 1.09 bits per heavy atom. The SMILES string of the molecule is C#Cc1c(F)ccc2cc(OCOC)cc(-c3c(Cl)c4c5c(nc(OC[C@@]67CCCN6C[C@H](F)C7)nc5c3F)N3C[C@H]5CC[C@@H]([C@H]3CC4)N5C(=O)OC(C)(C)C)c12. The van der Waals surface area contributed by atoms with Gasteiger partial charge in [0.25, 0.3) is 0 Å². The Morgan fingerprint density at radius 2 is 1.91 bits per heavy atom. The summed E-state index contributed by atoms with van der Waals surface area (Å²) < 4.78 is 71.3. The zero-order chi connectivity index (χ0) is 40.0. The number of piperazine rings is 1. The zero-order valence-electron chi connectivity index (χ0n) is 32.5. The minimum Gasteiger partial charge on any atom is -0.468 e. The van der Waals surface area contributed by atoms with Gasteiger partial charge in [0, 0.05) is 37.6 Å². The van der Waals surface area contributed by atoms with Gasteiger partial charge in [-0.3, -0.25) is 9.80 Å². The number of carbonyl (C=O) groups is 1. The van der Waals surface area contributed by atoms with Crippen molar-refractivity contribution in [3.63, 3.8) is 0 Å². The second-order valence-corrected chi connectivity index (χ2v) is 17.4. The predicted octanol–water partition coefficient (Wildman–Crippen LogP) is 8.20. The molecule has 4 saturated heterocycles. The van der Waals surface area contributed by atoms with E-state index in [1.807, 2.05) is 25.7 Å². The first-order chi connectivity index (χ1) is 27.3. The van der Waals surface area contributed by atoms with Gasteiger partial charge in [0.2, 0.25) is 0 Å². The summed E-state index contributed by atoms with van der Waals surface area (Å²) in [4.78, 5) is 29.7. The number of carbonyl (C=O) groups excluding carboxylic acids is 1. The van der Waals surface area contributed by atoms with Crippen molar-refractivity contribution in [3.8, 4) is 35.2 Å². The van der Waals surface area contributed by atoms with Crippen LogP contribution in [-0.2, 0) is 15.9 Å². The van der Waals surface area contributed by atoms with Crippen LogP contribution in [0.3, 0.4) is 0 Å². The number of amides is 1. The molecule has 0 saturated carbocycles. The molecule has 1 amide bonds. The van der Waals surface area contributed by atoms with Crippen LogP contribution < -0.4 is 14.4 Å². The number of ether oxygens (including phenoxy) is 4. The number of aromatic nitrogens is 2. The molecular weight excluding hydrogens is 759 g/mol. The summed E-state index contributed by atoms with van der Waals surface area (Å²) in [7, 11) is 1.48. The molecule has 4 aromatic rings. The molecule has 2 bridgehead atoms. The van der Waals surface area contributed by atoms with Crippen LogP contribution in [0.1, 0.15) is 70.4 Å². The molecule has 10 nitrogen and oxygen atoms in total. The van der Waals surface area contributed by atoms with E-state index in [2.05, 4.69) is 15.7 Å². The van der Waals surface area contributed by atoms with E-state index >= 15 is 8.78 Å². The lowest BCUT2D eigenvalue weighted by Gasteiger charge is -2.47. The maximum Gasteiger partial charge on any atom is 0.410 e. The molecule has 14 heteroatoms. The fraction of sp³-hybridized carbons (Fsp3) is 0.512. The summed E-state index contributed by atoms with van der Waals surface area (Å²) in [5.74, 6) is 1.86. The topological polar surface area (TPSA) is 89.5 Å². The highest BCUT2D eigenvalue weighted by atomic mass is 35.5. The molecule has 9 rings (SSSR count). The van der Waals surface area contributed by atoms with Gasteiger partial charge in [-0.1, -0.05) is 23.6 Å². The van der Waals surface area contributed by atoms with E-state index in [1.54, 1.807) is 18.2 Å². The second-order valence-electron chi connectivity index (χ2n) is 17.0. The zero-order valence-corrected chi connectivity index (χ0v) is 33.2. The lowest BCUT2D eigenvalue weighted by molar-refractivity contribution is 0.00720. The van der Waals surface area contributed by atoms with Crippen LogP contribution in [0.15, 0.2) is 24.3 Å². The third-order valence-corrected chi connectivity index (χ3v) is 12.9. The Morgan fingerprint density at radius 3 is 2.68 bits per heavy atom. The van der Waals surface area contributed by atoms with Crippen LogP contribution in [0, 0.1) is 24.0 Å². The number of fused-ring (bicyclic) bond motifs is 7. The first-order valence-electron chi connectivity index (χ1n) is 19.7. The van der Waals surface area contributed by atoms with E-state index in [9.17, 15) is 9.18 Å². The van der Waals surface area contributed by atoms with E-state index in [-0.39, 0.29) is 70.9 Å². The van der Waals surface area contributed by atoms with Crippen LogP contribution in [0.2, 0.25) is 5.02 Å². The molecule has 0 spiro atoms. The first-order valence-corrected chi connectivity index (χ1v) is 20.0. The second kappa shape index (κ2) is 14.1. The number of methoxy groups -OCH3 is 1. The van der Waals surface area contributed by atoms with Crippen LogP contribution in [-0.4, -0.2) is 101 Å². The number of alkyl halides is 1. The smallest absolute Gasteiger partial charge is 0.410 e. The molecule has 6 heterocycles. The molecular formula is C43H45ClF3N5O5. The standard InChI is InChI=1S/C43H45ClF3N5O5/c1-6-27-30(46)11-8-23-16-26(56-22-54-5)17-29(33(23)27)34-36(44)28-10-13-31-32-12-9-25(52(32)41(53)57-42(2,3)4)20-51(31)39-35(28)38(37(34)47)48-40(49-39)55-21-43-14-7-15-50(43)19-24(45)18-43/h1,8,11,16-17,24-25,31-32H,7,9-10,12-15,18-22H2,2-5H3/t24-,25-,31-,32+,43+/m1/s1. The molecule has 0 N–H and O–H groups in total. The number of terminal acetylenes is 1.